The average Bonchev–Trinajstić information content (AvgIpc) is 2.34. The van der Waals surface area contributed by atoms with Crippen LogP contribution in [-0.4, -0.2) is 39.8 Å². The molecule has 124 valence electrons. The molecule has 0 saturated carbocycles. The molecule has 1 N–H and O–H groups in total. The summed E-state index contributed by atoms with van der Waals surface area (Å²) in [4.78, 5) is 1.82. The van der Waals surface area contributed by atoms with Crippen LogP contribution in [0, 0.1) is 5.82 Å². The van der Waals surface area contributed by atoms with E-state index < -0.39 is 27.0 Å². The first-order valence-electron chi connectivity index (χ1n) is 7.14. The molecule has 7 heteroatoms. The Bertz CT molecular complexity index is 655. The van der Waals surface area contributed by atoms with Crippen LogP contribution in [0.2, 0.25) is 0 Å². The molecule has 5 nitrogen and oxygen atoms in total. The van der Waals surface area contributed by atoms with E-state index in [0.29, 0.717) is 18.8 Å². The van der Waals surface area contributed by atoms with Crippen molar-refractivity contribution in [1.82, 2.24) is 4.72 Å². The number of nitrogens with zero attached hydrogens (tertiary/aromatic N) is 1. The molecule has 1 fully saturated rings. The average molecular weight is 330 g/mol. The lowest BCUT2D eigenvalue weighted by atomic mass is 9.98. The van der Waals surface area contributed by atoms with E-state index in [4.69, 9.17) is 4.74 Å². The number of anilines is 1. The quantitative estimate of drug-likeness (QED) is 0.922. The molecule has 0 aromatic heterocycles. The van der Waals surface area contributed by atoms with E-state index in [2.05, 4.69) is 4.72 Å². The van der Waals surface area contributed by atoms with Crippen molar-refractivity contribution in [3.63, 3.8) is 0 Å². The van der Waals surface area contributed by atoms with E-state index in [1.165, 1.54) is 19.2 Å². The van der Waals surface area contributed by atoms with Gasteiger partial charge < -0.3 is 9.64 Å². The third kappa shape index (κ3) is 3.59. The Balaban J connectivity index is 2.37. The van der Waals surface area contributed by atoms with Crippen LogP contribution in [0.5, 0.6) is 0 Å². The van der Waals surface area contributed by atoms with Crippen LogP contribution in [0.4, 0.5) is 10.1 Å². The van der Waals surface area contributed by atoms with Gasteiger partial charge in [-0.2, -0.15) is 0 Å². The van der Waals surface area contributed by atoms with Gasteiger partial charge in [-0.25, -0.2) is 17.5 Å². The van der Waals surface area contributed by atoms with Crippen molar-refractivity contribution in [2.45, 2.75) is 43.8 Å². The number of halogens is 1. The molecule has 1 aromatic carbocycles. The molecule has 0 atom stereocenters. The summed E-state index contributed by atoms with van der Waals surface area (Å²) in [7, 11) is -2.35. The third-order valence-electron chi connectivity index (χ3n) is 3.53. The van der Waals surface area contributed by atoms with E-state index in [-0.39, 0.29) is 4.90 Å². The zero-order valence-corrected chi connectivity index (χ0v) is 14.4. The molecular formula is C15H23FN2O3S. The smallest absolute Gasteiger partial charge is 0.240 e. The van der Waals surface area contributed by atoms with Crippen LogP contribution in [0.25, 0.3) is 0 Å². The highest BCUT2D eigenvalue weighted by atomic mass is 32.2. The van der Waals surface area contributed by atoms with Gasteiger partial charge in [0, 0.05) is 13.1 Å². The summed E-state index contributed by atoms with van der Waals surface area (Å²) < 4.78 is 46.1. The second kappa shape index (κ2) is 5.47. The number of nitrogens with one attached hydrogen (secondary N) is 1. The molecule has 0 amide bonds. The largest absolute Gasteiger partial charge is 0.366 e. The first kappa shape index (κ1) is 17.2. The molecular weight excluding hydrogens is 307 g/mol. The Morgan fingerprint density at radius 1 is 1.18 bits per heavy atom. The van der Waals surface area contributed by atoms with Crippen molar-refractivity contribution >= 4 is 15.7 Å². The fourth-order valence-electron chi connectivity index (χ4n) is 2.99. The van der Waals surface area contributed by atoms with Crippen molar-refractivity contribution in [3.8, 4) is 0 Å². The van der Waals surface area contributed by atoms with Crippen LogP contribution in [0.3, 0.4) is 0 Å². The Labute approximate surface area is 131 Å². The highest BCUT2D eigenvalue weighted by Crippen LogP contribution is 2.33. The van der Waals surface area contributed by atoms with Crippen molar-refractivity contribution in [1.29, 1.82) is 0 Å². The van der Waals surface area contributed by atoms with Gasteiger partial charge in [0.15, 0.2) is 0 Å². The van der Waals surface area contributed by atoms with Crippen LogP contribution in [0.1, 0.15) is 27.7 Å². The van der Waals surface area contributed by atoms with Crippen LogP contribution < -0.4 is 9.62 Å². The van der Waals surface area contributed by atoms with Crippen LogP contribution in [0.15, 0.2) is 23.1 Å². The fraction of sp³-hybridized carbons (Fsp3) is 0.600. The van der Waals surface area contributed by atoms with Crippen LogP contribution >= 0.6 is 0 Å². The maximum absolute atomic E-state index is 14.4. The maximum atomic E-state index is 14.4. The highest BCUT2D eigenvalue weighted by Gasteiger charge is 2.39. The second-order valence-corrected chi connectivity index (χ2v) is 8.68. The van der Waals surface area contributed by atoms with E-state index in [1.54, 1.807) is 0 Å². The molecule has 0 spiro atoms. The molecule has 1 aliphatic rings. The van der Waals surface area contributed by atoms with Gasteiger partial charge in [0.1, 0.15) is 5.82 Å². The fourth-order valence-corrected chi connectivity index (χ4v) is 3.73. The number of hydrogen-bond donors (Lipinski definition) is 1. The van der Waals surface area contributed by atoms with Gasteiger partial charge in [-0.3, -0.25) is 0 Å². The minimum Gasteiger partial charge on any atom is -0.366 e. The highest BCUT2D eigenvalue weighted by molar-refractivity contribution is 7.89. The Hall–Kier alpha value is -1.18. The molecule has 0 radical (unpaired) electrons. The monoisotopic (exact) mass is 330 g/mol. The van der Waals surface area contributed by atoms with Crippen molar-refractivity contribution in [3.05, 3.63) is 24.0 Å². The number of benzene rings is 1. The van der Waals surface area contributed by atoms with Gasteiger partial charge in [-0.1, -0.05) is 0 Å². The Morgan fingerprint density at radius 3 is 2.18 bits per heavy atom. The molecule has 1 saturated heterocycles. The Morgan fingerprint density at radius 2 is 1.73 bits per heavy atom. The lowest BCUT2D eigenvalue weighted by molar-refractivity contribution is -0.133. The topological polar surface area (TPSA) is 58.6 Å². The third-order valence-corrected chi connectivity index (χ3v) is 4.95. The standard InChI is InChI=1S/C15H23FN2O3S/c1-14(2)9-18(10-15(3,4)21-14)13-7-6-11(8-12(13)16)22(19,20)17-5/h6-8,17H,9-10H2,1-5H3. The molecule has 0 unspecified atom stereocenters. The number of ether oxygens (including phenoxy) is 1. The van der Waals surface area contributed by atoms with Gasteiger partial charge in [0.2, 0.25) is 10.0 Å². The number of rotatable bonds is 3. The van der Waals surface area contributed by atoms with Gasteiger partial charge in [0.25, 0.3) is 0 Å². The number of morpholine rings is 1. The van der Waals surface area contributed by atoms with Crippen molar-refractivity contribution < 1.29 is 17.5 Å². The number of sulfonamides is 1. The second-order valence-electron chi connectivity index (χ2n) is 6.80. The van der Waals surface area contributed by atoms with E-state index in [1.807, 2.05) is 32.6 Å². The summed E-state index contributed by atoms with van der Waals surface area (Å²) in [6.07, 6.45) is 0. The predicted molar refractivity (Wildman–Crippen MR) is 84.1 cm³/mol. The first-order valence-corrected chi connectivity index (χ1v) is 8.62. The lowest BCUT2D eigenvalue weighted by Gasteiger charge is -2.48. The summed E-state index contributed by atoms with van der Waals surface area (Å²) in [6, 6.07) is 3.98. The summed E-state index contributed by atoms with van der Waals surface area (Å²) in [5, 5.41) is 0. The maximum Gasteiger partial charge on any atom is 0.240 e. The zero-order valence-electron chi connectivity index (χ0n) is 13.6. The van der Waals surface area contributed by atoms with Crippen molar-refractivity contribution in [2.75, 3.05) is 25.0 Å². The zero-order chi connectivity index (χ0) is 16.8. The van der Waals surface area contributed by atoms with Gasteiger partial charge in [0.05, 0.1) is 21.8 Å². The Kier molecular flexibility index (Phi) is 4.27. The SMILES string of the molecule is CNS(=O)(=O)c1ccc(N2CC(C)(C)OC(C)(C)C2)c(F)c1. The minimum absolute atomic E-state index is 0.0805. The normalized spacial score (nSPS) is 20.9. The lowest BCUT2D eigenvalue weighted by Crippen LogP contribution is -2.57. The molecule has 22 heavy (non-hydrogen) atoms. The van der Waals surface area contributed by atoms with E-state index in [9.17, 15) is 12.8 Å². The summed E-state index contributed by atoms with van der Waals surface area (Å²) in [5.74, 6) is -0.551. The number of hydrogen-bond acceptors (Lipinski definition) is 4. The minimum atomic E-state index is -3.65. The molecule has 1 aromatic rings. The van der Waals surface area contributed by atoms with Gasteiger partial charge in [-0.15, -0.1) is 0 Å². The molecule has 0 aliphatic carbocycles. The van der Waals surface area contributed by atoms with Gasteiger partial charge >= 0.3 is 0 Å². The molecule has 2 rings (SSSR count). The van der Waals surface area contributed by atoms with E-state index in [0.717, 1.165) is 6.07 Å². The van der Waals surface area contributed by atoms with Crippen molar-refractivity contribution in [2.24, 2.45) is 0 Å². The summed E-state index contributed by atoms with van der Waals surface area (Å²) in [6.45, 7) is 8.89. The van der Waals surface area contributed by atoms with Gasteiger partial charge in [-0.05, 0) is 52.9 Å². The summed E-state index contributed by atoms with van der Waals surface area (Å²) >= 11 is 0. The van der Waals surface area contributed by atoms with Crippen LogP contribution in [-0.2, 0) is 14.8 Å². The molecule has 1 heterocycles. The molecule has 0 bridgehead atoms. The molecule has 1 aliphatic heterocycles. The first-order chi connectivity index (χ1) is 9.96. The summed E-state index contributed by atoms with van der Waals surface area (Å²) in [5.41, 5.74) is -0.437. The predicted octanol–water partition coefficient (Wildman–Crippen LogP) is 2.13. The van der Waals surface area contributed by atoms with E-state index >= 15 is 0 Å².